The van der Waals surface area contributed by atoms with Crippen LogP contribution < -0.4 is 0 Å². The van der Waals surface area contributed by atoms with E-state index in [1.807, 2.05) is 11.8 Å². The molecular formula is C23H20Cl2FN5O. The molecule has 9 heteroatoms. The van der Waals surface area contributed by atoms with Crippen molar-refractivity contribution in [1.82, 2.24) is 24.8 Å². The molecule has 32 heavy (non-hydrogen) atoms. The van der Waals surface area contributed by atoms with Crippen molar-refractivity contribution in [3.8, 4) is 11.5 Å². The number of nitrogens with zero attached hydrogens (tertiary/aromatic N) is 5. The van der Waals surface area contributed by atoms with Gasteiger partial charge in [0.05, 0.1) is 27.3 Å². The van der Waals surface area contributed by atoms with E-state index in [1.165, 1.54) is 12.1 Å². The molecule has 0 N–H and O–H groups in total. The highest BCUT2D eigenvalue weighted by Gasteiger charge is 2.46. The largest absolute Gasteiger partial charge is 0.326 e. The summed E-state index contributed by atoms with van der Waals surface area (Å²) >= 11 is 12.0. The number of fused-ring (bicyclic) bond motifs is 4. The van der Waals surface area contributed by atoms with Crippen LogP contribution >= 0.6 is 23.2 Å². The predicted octanol–water partition coefficient (Wildman–Crippen LogP) is 5.23. The van der Waals surface area contributed by atoms with Crippen LogP contribution in [0.25, 0.3) is 11.5 Å². The van der Waals surface area contributed by atoms with Crippen LogP contribution in [0.15, 0.2) is 30.6 Å². The molecule has 3 aromatic rings. The number of aryl methyl sites for hydroxylation is 1. The number of hydrogen-bond acceptors (Lipinski definition) is 5. The second kappa shape index (κ2) is 8.05. The van der Waals surface area contributed by atoms with Crippen molar-refractivity contribution in [2.75, 3.05) is 0 Å². The molecule has 0 spiro atoms. The summed E-state index contributed by atoms with van der Waals surface area (Å²) in [4.78, 5) is 33.7. The van der Waals surface area contributed by atoms with Gasteiger partial charge in [0.2, 0.25) is 0 Å². The number of carbonyl (C=O) groups excluding carboxylic acids is 1. The van der Waals surface area contributed by atoms with Gasteiger partial charge in [-0.2, -0.15) is 0 Å². The first-order valence-corrected chi connectivity index (χ1v) is 11.2. The Labute approximate surface area is 194 Å². The minimum Gasteiger partial charge on any atom is -0.326 e. The van der Waals surface area contributed by atoms with Crippen LogP contribution in [-0.4, -0.2) is 36.8 Å². The van der Waals surface area contributed by atoms with Gasteiger partial charge in [-0.3, -0.25) is 4.79 Å². The molecule has 0 saturated carbocycles. The highest BCUT2D eigenvalue weighted by Crippen LogP contribution is 2.47. The van der Waals surface area contributed by atoms with Gasteiger partial charge in [0, 0.05) is 24.0 Å². The lowest BCUT2D eigenvalue weighted by Gasteiger charge is -2.49. The van der Waals surface area contributed by atoms with E-state index in [1.54, 1.807) is 18.5 Å². The molecule has 1 aromatic carbocycles. The number of aromatic nitrogens is 4. The van der Waals surface area contributed by atoms with Crippen LogP contribution in [0.3, 0.4) is 0 Å². The van der Waals surface area contributed by atoms with E-state index in [4.69, 9.17) is 28.2 Å². The summed E-state index contributed by atoms with van der Waals surface area (Å²) in [6.45, 7) is 3.93. The Bertz CT molecular complexity index is 1220. The van der Waals surface area contributed by atoms with Crippen molar-refractivity contribution >= 4 is 29.1 Å². The van der Waals surface area contributed by atoms with E-state index >= 15 is 0 Å². The quantitative estimate of drug-likeness (QED) is 0.478. The average molecular weight is 472 g/mol. The first-order chi connectivity index (χ1) is 15.4. The minimum absolute atomic E-state index is 0.0835. The third kappa shape index (κ3) is 3.35. The van der Waals surface area contributed by atoms with Crippen molar-refractivity contribution in [1.29, 1.82) is 0 Å². The van der Waals surface area contributed by atoms with Gasteiger partial charge in [-0.25, -0.2) is 24.3 Å². The Morgan fingerprint density at radius 1 is 1.16 bits per heavy atom. The molecule has 164 valence electrons. The van der Waals surface area contributed by atoms with Crippen LogP contribution in [0.4, 0.5) is 4.39 Å². The Hall–Kier alpha value is -2.64. The molecule has 1 saturated heterocycles. The number of piperidine rings is 1. The fourth-order valence-corrected chi connectivity index (χ4v) is 5.33. The van der Waals surface area contributed by atoms with Crippen molar-refractivity contribution in [2.45, 2.75) is 45.2 Å². The number of carbonyl (C=O) groups is 1. The van der Waals surface area contributed by atoms with Crippen molar-refractivity contribution in [3.63, 3.8) is 0 Å². The molecule has 2 aliphatic heterocycles. The molecule has 1 unspecified atom stereocenters. The van der Waals surface area contributed by atoms with Gasteiger partial charge in [-0.1, -0.05) is 30.1 Å². The van der Waals surface area contributed by atoms with Gasteiger partial charge in [0.15, 0.2) is 11.6 Å². The summed E-state index contributed by atoms with van der Waals surface area (Å²) in [5.41, 5.74) is 2.60. The maximum Gasteiger partial charge on any atom is 0.256 e. The topological polar surface area (TPSA) is 71.9 Å². The monoisotopic (exact) mass is 471 g/mol. The number of rotatable bonds is 2. The lowest BCUT2D eigenvalue weighted by molar-refractivity contribution is 0.0226. The van der Waals surface area contributed by atoms with E-state index in [-0.39, 0.29) is 39.5 Å². The van der Waals surface area contributed by atoms with Gasteiger partial charge >= 0.3 is 0 Å². The molecule has 1 fully saturated rings. The summed E-state index contributed by atoms with van der Waals surface area (Å²) < 4.78 is 14.3. The lowest BCUT2D eigenvalue weighted by atomic mass is 9.76. The molecule has 0 aliphatic carbocycles. The summed E-state index contributed by atoms with van der Waals surface area (Å²) in [5.74, 6) is 0.194. The van der Waals surface area contributed by atoms with E-state index in [0.717, 1.165) is 24.1 Å². The third-order valence-electron chi connectivity index (χ3n) is 6.34. The molecular weight excluding hydrogens is 452 g/mol. The zero-order chi connectivity index (χ0) is 22.6. The minimum atomic E-state index is -0.781. The van der Waals surface area contributed by atoms with Crippen molar-refractivity contribution < 1.29 is 9.18 Å². The zero-order valence-electron chi connectivity index (χ0n) is 17.5. The first-order valence-electron chi connectivity index (χ1n) is 10.5. The first kappa shape index (κ1) is 21.2. The summed E-state index contributed by atoms with van der Waals surface area (Å²) in [7, 11) is 0. The number of benzene rings is 1. The lowest BCUT2D eigenvalue weighted by Crippen LogP contribution is -2.53. The zero-order valence-corrected chi connectivity index (χ0v) is 19.0. The average Bonchev–Trinajstić information content (AvgIpc) is 2.79. The van der Waals surface area contributed by atoms with Crippen LogP contribution in [0, 0.1) is 18.7 Å². The summed E-state index contributed by atoms with van der Waals surface area (Å²) in [6.07, 6.45) is 5.73. The second-order valence-electron chi connectivity index (χ2n) is 8.35. The third-order valence-corrected chi connectivity index (χ3v) is 7.00. The van der Waals surface area contributed by atoms with E-state index in [2.05, 4.69) is 21.9 Å². The maximum atomic E-state index is 14.3. The SMILES string of the molecule is Cc1nc(-c2ncccn2)c2c(n1)C1[C@H](C)CC[C@@H](C2)N1C(=O)c1ccc(Cl)c(F)c1Cl. The van der Waals surface area contributed by atoms with Gasteiger partial charge in [-0.15, -0.1) is 0 Å². The maximum absolute atomic E-state index is 14.3. The molecule has 5 rings (SSSR count). The van der Waals surface area contributed by atoms with Gasteiger partial charge in [0.25, 0.3) is 5.91 Å². The molecule has 1 amide bonds. The van der Waals surface area contributed by atoms with Gasteiger partial charge in [-0.05, 0) is 50.3 Å². The van der Waals surface area contributed by atoms with E-state index < -0.39 is 5.82 Å². The van der Waals surface area contributed by atoms with Crippen molar-refractivity contribution in [3.05, 3.63) is 69.1 Å². The Balaban J connectivity index is 1.65. The number of halogens is 3. The number of hydrogen-bond donors (Lipinski definition) is 0. The molecule has 2 aromatic heterocycles. The summed E-state index contributed by atoms with van der Waals surface area (Å²) in [6, 6.07) is 4.25. The Kier molecular flexibility index (Phi) is 5.34. The van der Waals surface area contributed by atoms with Crippen LogP contribution in [0.5, 0.6) is 0 Å². The van der Waals surface area contributed by atoms with Gasteiger partial charge in [0.1, 0.15) is 11.5 Å². The normalized spacial score (nSPS) is 21.9. The Morgan fingerprint density at radius 3 is 2.66 bits per heavy atom. The molecule has 2 aliphatic rings. The Morgan fingerprint density at radius 2 is 1.91 bits per heavy atom. The van der Waals surface area contributed by atoms with E-state index in [0.29, 0.717) is 23.8 Å². The molecule has 3 atom stereocenters. The predicted molar refractivity (Wildman–Crippen MR) is 119 cm³/mol. The molecule has 6 nitrogen and oxygen atoms in total. The highest BCUT2D eigenvalue weighted by atomic mass is 35.5. The van der Waals surface area contributed by atoms with E-state index in [9.17, 15) is 9.18 Å². The van der Waals surface area contributed by atoms with Crippen molar-refractivity contribution in [2.24, 2.45) is 5.92 Å². The smallest absolute Gasteiger partial charge is 0.256 e. The standard InChI is InChI=1S/C23H20Cl2FN5O/c1-11-4-5-13-10-15-19(29-12(2)30-20(15)22-27-8-3-9-28-22)21(11)31(13)23(32)14-6-7-16(24)18(26)17(14)25/h3,6-9,11,13,21H,4-5,10H2,1-2H3/t11-,13+,21?/m1/s1. The second-order valence-corrected chi connectivity index (χ2v) is 9.13. The highest BCUT2D eigenvalue weighted by molar-refractivity contribution is 6.37. The van der Waals surface area contributed by atoms with Crippen LogP contribution in [0.1, 0.15) is 53.2 Å². The van der Waals surface area contributed by atoms with Crippen LogP contribution in [-0.2, 0) is 6.42 Å². The fraction of sp³-hybridized carbons (Fsp3) is 0.348. The molecule has 2 bridgehead atoms. The molecule has 4 heterocycles. The number of amides is 1. The van der Waals surface area contributed by atoms with Crippen LogP contribution in [0.2, 0.25) is 10.0 Å². The fourth-order valence-electron chi connectivity index (χ4n) is 4.88. The molecule has 0 radical (unpaired) electrons. The summed E-state index contributed by atoms with van der Waals surface area (Å²) in [5, 5.41) is -0.365. The van der Waals surface area contributed by atoms with Gasteiger partial charge < -0.3 is 4.90 Å².